The van der Waals surface area contributed by atoms with E-state index in [0.717, 1.165) is 52.1 Å². The molecule has 3 aromatic carbocycles. The van der Waals surface area contributed by atoms with Crippen LogP contribution in [0.5, 0.6) is 11.5 Å². The summed E-state index contributed by atoms with van der Waals surface area (Å²) in [6.07, 6.45) is 1.62. The van der Waals surface area contributed by atoms with E-state index in [4.69, 9.17) is 14.7 Å². The highest BCUT2D eigenvalue weighted by Gasteiger charge is 2.51. The number of anilines is 1. The number of amides is 1. The van der Waals surface area contributed by atoms with Crippen LogP contribution in [0.15, 0.2) is 54.6 Å². The highest BCUT2D eigenvalue weighted by Crippen LogP contribution is 2.51. The summed E-state index contributed by atoms with van der Waals surface area (Å²) in [4.78, 5) is 13.3. The number of aryl methyl sites for hydroxylation is 2. The van der Waals surface area contributed by atoms with Crippen molar-refractivity contribution in [1.82, 2.24) is 0 Å². The van der Waals surface area contributed by atoms with Gasteiger partial charge in [0.2, 0.25) is 12.7 Å². The van der Waals surface area contributed by atoms with Crippen molar-refractivity contribution in [2.24, 2.45) is 0 Å². The first-order chi connectivity index (χ1) is 15.0. The van der Waals surface area contributed by atoms with Crippen LogP contribution in [0.1, 0.15) is 35.1 Å². The van der Waals surface area contributed by atoms with Crippen molar-refractivity contribution in [3.05, 3.63) is 76.9 Å². The van der Waals surface area contributed by atoms with Gasteiger partial charge in [-0.2, -0.15) is 5.26 Å². The lowest BCUT2D eigenvalue weighted by Gasteiger charge is -2.18. The van der Waals surface area contributed by atoms with Gasteiger partial charge in [0.15, 0.2) is 11.5 Å². The second-order valence-electron chi connectivity index (χ2n) is 8.28. The molecular weight excluding hydrogens is 388 g/mol. The molecule has 1 fully saturated rings. The second kappa shape index (κ2) is 7.17. The fraction of sp³-hybridized carbons (Fsp3) is 0.231. The Hall–Kier alpha value is -3.78. The van der Waals surface area contributed by atoms with Crippen molar-refractivity contribution in [1.29, 1.82) is 5.26 Å². The number of fused-ring (bicyclic) bond motifs is 1. The molecule has 1 aliphatic heterocycles. The van der Waals surface area contributed by atoms with E-state index >= 15 is 0 Å². The van der Waals surface area contributed by atoms with Crippen molar-refractivity contribution < 1.29 is 14.3 Å². The minimum absolute atomic E-state index is 0.00211. The summed E-state index contributed by atoms with van der Waals surface area (Å²) in [6, 6.07) is 19.6. The van der Waals surface area contributed by atoms with Crippen molar-refractivity contribution >= 4 is 11.6 Å². The maximum absolute atomic E-state index is 13.3. The van der Waals surface area contributed by atoms with Gasteiger partial charge in [-0.1, -0.05) is 18.2 Å². The Balaban J connectivity index is 1.42. The number of hydrogen-bond donors (Lipinski definition) is 1. The molecule has 2 aliphatic rings. The van der Waals surface area contributed by atoms with Gasteiger partial charge in [0.05, 0.1) is 17.0 Å². The van der Waals surface area contributed by atoms with Gasteiger partial charge in [0.25, 0.3) is 0 Å². The maximum atomic E-state index is 13.3. The minimum atomic E-state index is -0.517. The molecule has 3 aromatic rings. The van der Waals surface area contributed by atoms with Gasteiger partial charge >= 0.3 is 0 Å². The monoisotopic (exact) mass is 410 g/mol. The number of rotatable bonds is 4. The van der Waals surface area contributed by atoms with Crippen molar-refractivity contribution in [2.45, 2.75) is 32.1 Å². The molecule has 0 radical (unpaired) electrons. The zero-order chi connectivity index (χ0) is 21.6. The molecule has 5 rings (SSSR count). The van der Waals surface area contributed by atoms with E-state index in [0.29, 0.717) is 11.3 Å². The Morgan fingerprint density at radius 2 is 1.74 bits per heavy atom. The van der Waals surface area contributed by atoms with Crippen LogP contribution < -0.4 is 14.8 Å². The van der Waals surface area contributed by atoms with Crippen molar-refractivity contribution in [3.63, 3.8) is 0 Å². The molecule has 0 spiro atoms. The average molecular weight is 410 g/mol. The Kier molecular flexibility index (Phi) is 4.44. The molecule has 1 N–H and O–H groups in total. The standard InChI is InChI=1S/C26H22N2O3/c1-16-3-6-20(13-22(16)21-7-4-18(14-27)11-17(21)2)28-25(29)26(9-10-26)19-5-8-23-24(12-19)31-15-30-23/h3-8,11-13H,9-10,15H2,1-2H3,(H,28,29). The van der Waals surface area contributed by atoms with Gasteiger partial charge in [-0.3, -0.25) is 4.79 Å². The zero-order valence-electron chi connectivity index (χ0n) is 17.5. The van der Waals surface area contributed by atoms with Gasteiger partial charge in [-0.25, -0.2) is 0 Å². The molecule has 31 heavy (non-hydrogen) atoms. The van der Waals surface area contributed by atoms with Crippen molar-refractivity contribution in [3.8, 4) is 28.7 Å². The smallest absolute Gasteiger partial charge is 0.235 e. The van der Waals surface area contributed by atoms with Crippen molar-refractivity contribution in [2.75, 3.05) is 12.1 Å². The number of nitrogens with one attached hydrogen (secondary N) is 1. The third-order valence-electron chi connectivity index (χ3n) is 6.25. The molecule has 0 atom stereocenters. The van der Waals surface area contributed by atoms with Gasteiger partial charge in [-0.15, -0.1) is 0 Å². The molecule has 1 saturated carbocycles. The number of ether oxygens (including phenoxy) is 2. The molecule has 154 valence electrons. The third kappa shape index (κ3) is 3.30. The van der Waals surface area contributed by atoms with E-state index in [9.17, 15) is 4.79 Å². The Bertz CT molecular complexity index is 1250. The quantitative estimate of drug-likeness (QED) is 0.638. The lowest BCUT2D eigenvalue weighted by molar-refractivity contribution is -0.118. The highest BCUT2D eigenvalue weighted by molar-refractivity contribution is 6.02. The summed E-state index contributed by atoms with van der Waals surface area (Å²) >= 11 is 0. The van der Waals surface area contributed by atoms with Crippen LogP contribution in [-0.2, 0) is 10.2 Å². The second-order valence-corrected chi connectivity index (χ2v) is 8.28. The first-order valence-electron chi connectivity index (χ1n) is 10.3. The van der Waals surface area contributed by atoms with E-state index in [1.807, 2.05) is 68.4 Å². The van der Waals surface area contributed by atoms with Crippen LogP contribution in [0.4, 0.5) is 5.69 Å². The molecule has 0 unspecified atom stereocenters. The van der Waals surface area contributed by atoms with Gasteiger partial charge in [-0.05, 0) is 90.9 Å². The average Bonchev–Trinajstić information content (AvgIpc) is 3.46. The molecule has 5 heteroatoms. The largest absolute Gasteiger partial charge is 0.454 e. The van der Waals surface area contributed by atoms with Gasteiger partial charge in [0.1, 0.15) is 0 Å². The molecule has 5 nitrogen and oxygen atoms in total. The van der Waals surface area contributed by atoms with E-state index in [-0.39, 0.29) is 12.7 Å². The Morgan fingerprint density at radius 3 is 2.48 bits per heavy atom. The van der Waals surface area contributed by atoms with E-state index in [1.165, 1.54) is 0 Å². The number of nitriles is 1. The highest BCUT2D eigenvalue weighted by atomic mass is 16.7. The summed E-state index contributed by atoms with van der Waals surface area (Å²) in [5.41, 5.74) is 6.11. The number of nitrogens with zero attached hydrogens (tertiary/aromatic N) is 1. The topological polar surface area (TPSA) is 71.4 Å². The molecule has 1 amide bonds. The van der Waals surface area contributed by atoms with E-state index < -0.39 is 5.41 Å². The number of carbonyl (C=O) groups is 1. The van der Waals surface area contributed by atoms with E-state index in [2.05, 4.69) is 11.4 Å². The van der Waals surface area contributed by atoms with E-state index in [1.54, 1.807) is 0 Å². The fourth-order valence-electron chi connectivity index (χ4n) is 4.24. The summed E-state index contributed by atoms with van der Waals surface area (Å²) < 4.78 is 10.9. The summed E-state index contributed by atoms with van der Waals surface area (Å²) in [6.45, 7) is 4.27. The molecule has 0 bridgehead atoms. The molecule has 0 aromatic heterocycles. The molecule has 1 heterocycles. The first kappa shape index (κ1) is 19.2. The number of carbonyl (C=O) groups excluding carboxylic acids is 1. The predicted octanol–water partition coefficient (Wildman–Crippen LogP) is 5.24. The fourth-order valence-corrected chi connectivity index (χ4v) is 4.24. The van der Waals surface area contributed by atoms with Crippen LogP contribution in [-0.4, -0.2) is 12.7 Å². The maximum Gasteiger partial charge on any atom is 0.235 e. The SMILES string of the molecule is Cc1cc(C#N)ccc1-c1cc(NC(=O)C2(c3ccc4c(c3)OCO4)CC2)ccc1C. The van der Waals surface area contributed by atoms with Gasteiger partial charge < -0.3 is 14.8 Å². The van der Waals surface area contributed by atoms with Crippen LogP contribution in [0.3, 0.4) is 0 Å². The molecule has 0 saturated heterocycles. The lowest BCUT2D eigenvalue weighted by atomic mass is 9.93. The number of hydrogen-bond acceptors (Lipinski definition) is 4. The third-order valence-corrected chi connectivity index (χ3v) is 6.25. The normalized spacial score (nSPS) is 15.3. The van der Waals surface area contributed by atoms with Gasteiger partial charge in [0, 0.05) is 5.69 Å². The van der Waals surface area contributed by atoms with Crippen LogP contribution >= 0.6 is 0 Å². The summed E-state index contributed by atoms with van der Waals surface area (Å²) in [7, 11) is 0. The predicted molar refractivity (Wildman–Crippen MR) is 118 cm³/mol. The Labute approximate surface area is 181 Å². The minimum Gasteiger partial charge on any atom is -0.454 e. The van der Waals surface area contributed by atoms with Crippen LogP contribution in [0.2, 0.25) is 0 Å². The van der Waals surface area contributed by atoms with Crippen LogP contribution in [0, 0.1) is 25.2 Å². The first-order valence-corrected chi connectivity index (χ1v) is 10.3. The summed E-state index contributed by atoms with van der Waals surface area (Å²) in [5.74, 6) is 1.42. The lowest BCUT2D eigenvalue weighted by Crippen LogP contribution is -2.27. The zero-order valence-corrected chi connectivity index (χ0v) is 17.5. The molecular formula is C26H22N2O3. The Morgan fingerprint density at radius 1 is 0.935 bits per heavy atom. The number of benzene rings is 3. The van der Waals surface area contributed by atoms with Crippen LogP contribution in [0.25, 0.3) is 11.1 Å². The molecule has 1 aliphatic carbocycles. The summed E-state index contributed by atoms with van der Waals surface area (Å²) in [5, 5.41) is 12.3.